The van der Waals surface area contributed by atoms with Crippen LogP contribution in [0.5, 0.6) is 0 Å². The molecule has 0 aliphatic rings. The van der Waals surface area contributed by atoms with Crippen molar-refractivity contribution in [2.75, 3.05) is 0 Å². The lowest BCUT2D eigenvalue weighted by Gasteiger charge is -2.18. The maximum Gasteiger partial charge on any atom is 0.145 e. The molecule has 0 fully saturated rings. The third-order valence-electron chi connectivity index (χ3n) is 2.67. The molecule has 86 valence electrons. The Hall–Kier alpha value is -1.37. The van der Waals surface area contributed by atoms with Gasteiger partial charge in [-0.2, -0.15) is 0 Å². The van der Waals surface area contributed by atoms with E-state index in [1.54, 1.807) is 0 Å². The zero-order valence-electron chi connectivity index (χ0n) is 10.6. The SMILES string of the molecule is C/C(C=O)=C\Cc1ccc(C(C)(C)C)cc1. The number of carbonyl (C=O) groups excluding carboxylic acids is 1. The Balaban J connectivity index is 2.76. The summed E-state index contributed by atoms with van der Waals surface area (Å²) in [4.78, 5) is 10.4. The Labute approximate surface area is 98.2 Å². The molecule has 0 bridgehead atoms. The van der Waals surface area contributed by atoms with E-state index >= 15 is 0 Å². The van der Waals surface area contributed by atoms with E-state index in [2.05, 4.69) is 45.0 Å². The molecule has 0 saturated carbocycles. The number of carbonyl (C=O) groups is 1. The van der Waals surface area contributed by atoms with Gasteiger partial charge in [0, 0.05) is 0 Å². The van der Waals surface area contributed by atoms with Crippen LogP contribution in [-0.2, 0) is 16.6 Å². The number of hydrogen-bond acceptors (Lipinski definition) is 1. The monoisotopic (exact) mass is 216 g/mol. The third kappa shape index (κ3) is 3.65. The summed E-state index contributed by atoms with van der Waals surface area (Å²) < 4.78 is 0. The van der Waals surface area contributed by atoms with Gasteiger partial charge in [-0.15, -0.1) is 0 Å². The zero-order chi connectivity index (χ0) is 12.2. The summed E-state index contributed by atoms with van der Waals surface area (Å²) in [5, 5.41) is 0. The van der Waals surface area contributed by atoms with Gasteiger partial charge in [0.2, 0.25) is 0 Å². The molecule has 0 aromatic heterocycles. The first kappa shape index (κ1) is 12.7. The predicted octanol–water partition coefficient (Wildman–Crippen LogP) is 3.67. The highest BCUT2D eigenvalue weighted by Crippen LogP contribution is 2.22. The lowest BCUT2D eigenvalue weighted by atomic mass is 9.86. The van der Waals surface area contributed by atoms with Gasteiger partial charge in [0.15, 0.2) is 0 Å². The molecule has 0 atom stereocenters. The van der Waals surface area contributed by atoms with Gasteiger partial charge in [-0.1, -0.05) is 51.1 Å². The van der Waals surface area contributed by atoms with Crippen LogP contribution in [0.1, 0.15) is 38.8 Å². The fourth-order valence-electron chi connectivity index (χ4n) is 1.47. The predicted molar refractivity (Wildman–Crippen MR) is 68.7 cm³/mol. The maximum absolute atomic E-state index is 10.4. The van der Waals surface area contributed by atoms with E-state index in [9.17, 15) is 4.79 Å². The van der Waals surface area contributed by atoms with E-state index in [0.717, 1.165) is 18.3 Å². The minimum Gasteiger partial charge on any atom is -0.298 e. The number of aldehydes is 1. The van der Waals surface area contributed by atoms with Crippen LogP contribution < -0.4 is 0 Å². The second kappa shape index (κ2) is 5.11. The van der Waals surface area contributed by atoms with E-state index in [1.165, 1.54) is 11.1 Å². The highest BCUT2D eigenvalue weighted by molar-refractivity contribution is 5.72. The van der Waals surface area contributed by atoms with E-state index in [1.807, 2.05) is 13.0 Å². The molecular formula is C15H20O. The molecule has 16 heavy (non-hydrogen) atoms. The highest BCUT2D eigenvalue weighted by Gasteiger charge is 2.12. The van der Waals surface area contributed by atoms with Crippen molar-refractivity contribution in [3.63, 3.8) is 0 Å². The molecule has 0 aliphatic carbocycles. The summed E-state index contributed by atoms with van der Waals surface area (Å²) >= 11 is 0. The summed E-state index contributed by atoms with van der Waals surface area (Å²) in [5.41, 5.74) is 3.58. The lowest BCUT2D eigenvalue weighted by molar-refractivity contribution is -0.104. The number of rotatable bonds is 3. The van der Waals surface area contributed by atoms with Crippen molar-refractivity contribution in [3.8, 4) is 0 Å². The van der Waals surface area contributed by atoms with Crippen LogP contribution in [-0.4, -0.2) is 6.29 Å². The molecule has 0 N–H and O–H groups in total. The van der Waals surface area contributed by atoms with Gasteiger partial charge < -0.3 is 0 Å². The molecule has 0 spiro atoms. The van der Waals surface area contributed by atoms with Crippen molar-refractivity contribution < 1.29 is 4.79 Å². The van der Waals surface area contributed by atoms with Crippen LogP contribution in [0.4, 0.5) is 0 Å². The van der Waals surface area contributed by atoms with Crippen LogP contribution in [0.15, 0.2) is 35.9 Å². The van der Waals surface area contributed by atoms with Crippen LogP contribution in [0.3, 0.4) is 0 Å². The Morgan fingerprint density at radius 3 is 2.19 bits per heavy atom. The first-order valence-electron chi connectivity index (χ1n) is 5.65. The quantitative estimate of drug-likeness (QED) is 0.556. The molecule has 1 aromatic rings. The summed E-state index contributed by atoms with van der Waals surface area (Å²) in [6.45, 7) is 8.45. The van der Waals surface area contributed by atoms with Crippen LogP contribution in [0.25, 0.3) is 0 Å². The second-order valence-corrected chi connectivity index (χ2v) is 5.22. The van der Waals surface area contributed by atoms with Crippen molar-refractivity contribution in [1.82, 2.24) is 0 Å². The van der Waals surface area contributed by atoms with Crippen LogP contribution in [0, 0.1) is 0 Å². The smallest absolute Gasteiger partial charge is 0.145 e. The fourth-order valence-corrected chi connectivity index (χ4v) is 1.47. The minimum absolute atomic E-state index is 0.201. The highest BCUT2D eigenvalue weighted by atomic mass is 16.1. The lowest BCUT2D eigenvalue weighted by Crippen LogP contribution is -2.10. The van der Waals surface area contributed by atoms with Gasteiger partial charge in [0.05, 0.1) is 0 Å². The topological polar surface area (TPSA) is 17.1 Å². The van der Waals surface area contributed by atoms with E-state index in [0.29, 0.717) is 0 Å². The maximum atomic E-state index is 10.4. The first-order chi connectivity index (χ1) is 7.43. The average Bonchev–Trinajstić information content (AvgIpc) is 2.25. The largest absolute Gasteiger partial charge is 0.298 e. The Morgan fingerprint density at radius 2 is 1.75 bits per heavy atom. The standard InChI is InChI=1S/C15H20O/c1-12(11-16)5-6-13-7-9-14(10-8-13)15(2,3)4/h5,7-11H,6H2,1-4H3/b12-5+. The molecule has 0 radical (unpaired) electrons. The van der Waals surface area contributed by atoms with E-state index in [-0.39, 0.29) is 5.41 Å². The Kier molecular flexibility index (Phi) is 4.05. The number of benzene rings is 1. The first-order valence-corrected chi connectivity index (χ1v) is 5.65. The molecule has 1 nitrogen and oxygen atoms in total. The average molecular weight is 216 g/mol. The fraction of sp³-hybridized carbons (Fsp3) is 0.400. The van der Waals surface area contributed by atoms with Gasteiger partial charge in [0.25, 0.3) is 0 Å². The van der Waals surface area contributed by atoms with Crippen molar-refractivity contribution in [2.45, 2.75) is 39.5 Å². The zero-order valence-corrected chi connectivity index (χ0v) is 10.6. The summed E-state index contributed by atoms with van der Waals surface area (Å²) in [5.74, 6) is 0. The molecule has 0 saturated heterocycles. The molecule has 0 unspecified atom stereocenters. The second-order valence-electron chi connectivity index (χ2n) is 5.22. The van der Waals surface area contributed by atoms with Gasteiger partial charge in [-0.05, 0) is 35.5 Å². The minimum atomic E-state index is 0.201. The van der Waals surface area contributed by atoms with Gasteiger partial charge in [-0.3, -0.25) is 4.79 Å². The molecule has 1 rings (SSSR count). The van der Waals surface area contributed by atoms with E-state index in [4.69, 9.17) is 0 Å². The molecule has 0 heterocycles. The Bertz CT molecular complexity index is 377. The number of hydrogen-bond donors (Lipinski definition) is 0. The molecule has 1 aromatic carbocycles. The van der Waals surface area contributed by atoms with Gasteiger partial charge in [-0.25, -0.2) is 0 Å². The summed E-state index contributed by atoms with van der Waals surface area (Å²) in [6.07, 6.45) is 3.68. The molecular weight excluding hydrogens is 196 g/mol. The normalized spacial score (nSPS) is 12.6. The number of allylic oxidation sites excluding steroid dienone is 2. The summed E-state index contributed by atoms with van der Waals surface area (Å²) in [7, 11) is 0. The van der Waals surface area contributed by atoms with Crippen molar-refractivity contribution >= 4 is 6.29 Å². The van der Waals surface area contributed by atoms with Crippen LogP contribution in [0.2, 0.25) is 0 Å². The van der Waals surface area contributed by atoms with Gasteiger partial charge >= 0.3 is 0 Å². The molecule has 0 aliphatic heterocycles. The van der Waals surface area contributed by atoms with E-state index < -0.39 is 0 Å². The van der Waals surface area contributed by atoms with Crippen molar-refractivity contribution in [3.05, 3.63) is 47.0 Å². The summed E-state index contributed by atoms with van der Waals surface area (Å²) in [6, 6.07) is 8.60. The van der Waals surface area contributed by atoms with Gasteiger partial charge in [0.1, 0.15) is 6.29 Å². The Morgan fingerprint density at radius 1 is 1.19 bits per heavy atom. The molecule has 1 heteroatoms. The molecule has 0 amide bonds. The third-order valence-corrected chi connectivity index (χ3v) is 2.67. The van der Waals surface area contributed by atoms with Crippen LogP contribution >= 0.6 is 0 Å². The van der Waals surface area contributed by atoms with Crippen molar-refractivity contribution in [2.24, 2.45) is 0 Å². The van der Waals surface area contributed by atoms with Crippen molar-refractivity contribution in [1.29, 1.82) is 0 Å².